The molecule has 1 heterocycles. The molecule has 1 unspecified atom stereocenters. The molecule has 0 radical (unpaired) electrons. The minimum absolute atomic E-state index is 0.359. The maximum absolute atomic E-state index is 8.55. The molecule has 1 aromatic rings. The second-order valence-corrected chi connectivity index (χ2v) is 3.72. The highest BCUT2D eigenvalue weighted by atomic mass is 35.5. The van der Waals surface area contributed by atoms with Crippen molar-refractivity contribution in [1.82, 2.24) is 9.55 Å². The average Bonchev–Trinajstić information content (AvgIpc) is 2.52. The van der Waals surface area contributed by atoms with Gasteiger partial charge in [-0.2, -0.15) is 5.26 Å². The smallest absolute Gasteiger partial charge is 0.138 e. The quantitative estimate of drug-likeness (QED) is 0.697. The van der Waals surface area contributed by atoms with Crippen LogP contribution in [0.2, 0.25) is 0 Å². The number of imidazole rings is 1. The zero-order valence-electron chi connectivity index (χ0n) is 7.74. The molecule has 0 N–H and O–H groups in total. The SMILES string of the molecule is CC(C)c1nccn1CC(Cl)C#N. The number of halogens is 1. The average molecular weight is 198 g/mol. The fourth-order valence-corrected chi connectivity index (χ4v) is 1.34. The number of nitrogens with zero attached hydrogens (tertiary/aromatic N) is 3. The fourth-order valence-electron chi connectivity index (χ4n) is 1.19. The van der Waals surface area contributed by atoms with Crippen LogP contribution in [0.15, 0.2) is 12.4 Å². The number of hydrogen-bond donors (Lipinski definition) is 0. The molecule has 1 atom stereocenters. The Kier molecular flexibility index (Phi) is 3.32. The van der Waals surface area contributed by atoms with Gasteiger partial charge in [0.25, 0.3) is 0 Å². The van der Waals surface area contributed by atoms with E-state index < -0.39 is 5.38 Å². The molecule has 1 rings (SSSR count). The van der Waals surface area contributed by atoms with E-state index in [0.717, 1.165) is 5.82 Å². The maximum atomic E-state index is 8.55. The Balaban J connectivity index is 2.78. The van der Waals surface area contributed by atoms with E-state index in [4.69, 9.17) is 16.9 Å². The topological polar surface area (TPSA) is 41.6 Å². The van der Waals surface area contributed by atoms with Gasteiger partial charge in [0.15, 0.2) is 0 Å². The molecule has 70 valence electrons. The summed E-state index contributed by atoms with van der Waals surface area (Å²) in [6.07, 6.45) is 3.58. The molecule has 13 heavy (non-hydrogen) atoms. The van der Waals surface area contributed by atoms with Crippen LogP contribution in [0.1, 0.15) is 25.6 Å². The Bertz CT molecular complexity index is 311. The summed E-state index contributed by atoms with van der Waals surface area (Å²) in [5.74, 6) is 1.33. The van der Waals surface area contributed by atoms with Gasteiger partial charge in [0.05, 0.1) is 12.6 Å². The van der Waals surface area contributed by atoms with E-state index in [1.807, 2.05) is 16.8 Å². The van der Waals surface area contributed by atoms with Gasteiger partial charge in [-0.3, -0.25) is 0 Å². The lowest BCUT2D eigenvalue weighted by atomic mass is 10.2. The molecule has 0 bridgehead atoms. The Morgan fingerprint density at radius 3 is 2.92 bits per heavy atom. The number of rotatable bonds is 3. The predicted molar refractivity (Wildman–Crippen MR) is 51.6 cm³/mol. The van der Waals surface area contributed by atoms with E-state index in [-0.39, 0.29) is 0 Å². The van der Waals surface area contributed by atoms with Gasteiger partial charge in [-0.05, 0) is 0 Å². The molecular formula is C9H12ClN3. The molecule has 1 aromatic heterocycles. The van der Waals surface area contributed by atoms with Gasteiger partial charge >= 0.3 is 0 Å². The van der Waals surface area contributed by atoms with Gasteiger partial charge in [-0.1, -0.05) is 13.8 Å². The Hall–Kier alpha value is -1.01. The highest BCUT2D eigenvalue weighted by molar-refractivity contribution is 6.22. The summed E-state index contributed by atoms with van der Waals surface area (Å²) >= 11 is 5.72. The lowest BCUT2D eigenvalue weighted by Crippen LogP contribution is -2.11. The Labute approximate surface area is 83.0 Å². The van der Waals surface area contributed by atoms with Gasteiger partial charge in [-0.25, -0.2) is 4.98 Å². The first-order valence-electron chi connectivity index (χ1n) is 4.20. The Morgan fingerprint density at radius 1 is 1.69 bits per heavy atom. The first-order valence-corrected chi connectivity index (χ1v) is 4.63. The first kappa shape index (κ1) is 10.1. The van der Waals surface area contributed by atoms with E-state index >= 15 is 0 Å². The zero-order valence-corrected chi connectivity index (χ0v) is 8.49. The van der Waals surface area contributed by atoms with E-state index in [1.165, 1.54) is 0 Å². The van der Waals surface area contributed by atoms with Crippen LogP contribution in [0.4, 0.5) is 0 Å². The summed E-state index contributed by atoms with van der Waals surface area (Å²) in [6.45, 7) is 4.63. The van der Waals surface area contributed by atoms with Crippen LogP contribution in [0.3, 0.4) is 0 Å². The molecule has 0 aliphatic rings. The number of alkyl halides is 1. The van der Waals surface area contributed by atoms with Crippen molar-refractivity contribution >= 4 is 11.6 Å². The van der Waals surface area contributed by atoms with Crippen LogP contribution >= 0.6 is 11.6 Å². The molecular weight excluding hydrogens is 186 g/mol. The summed E-state index contributed by atoms with van der Waals surface area (Å²) in [5.41, 5.74) is 0. The predicted octanol–water partition coefficient (Wildman–Crippen LogP) is 2.14. The summed E-state index contributed by atoms with van der Waals surface area (Å²) in [5, 5.41) is 8.07. The van der Waals surface area contributed by atoms with Crippen LogP contribution in [0.25, 0.3) is 0 Å². The van der Waals surface area contributed by atoms with Crippen molar-refractivity contribution in [2.24, 2.45) is 0 Å². The molecule has 0 saturated heterocycles. The summed E-state index contributed by atoms with van der Waals surface area (Å²) in [4.78, 5) is 4.20. The zero-order chi connectivity index (χ0) is 9.84. The number of hydrogen-bond acceptors (Lipinski definition) is 2. The fraction of sp³-hybridized carbons (Fsp3) is 0.556. The third-order valence-corrected chi connectivity index (χ3v) is 2.00. The minimum atomic E-state index is -0.480. The third-order valence-electron chi connectivity index (χ3n) is 1.76. The van der Waals surface area contributed by atoms with E-state index in [9.17, 15) is 0 Å². The monoisotopic (exact) mass is 197 g/mol. The molecule has 0 spiro atoms. The molecule has 0 amide bonds. The highest BCUT2D eigenvalue weighted by Crippen LogP contribution is 2.13. The standard InChI is InChI=1S/C9H12ClN3/c1-7(2)9-12-3-4-13(9)6-8(10)5-11/h3-4,7-8H,6H2,1-2H3. The highest BCUT2D eigenvalue weighted by Gasteiger charge is 2.10. The summed E-state index contributed by atoms with van der Waals surface area (Å²) < 4.78 is 1.92. The van der Waals surface area contributed by atoms with Gasteiger partial charge in [0.2, 0.25) is 0 Å². The molecule has 0 saturated carbocycles. The van der Waals surface area contributed by atoms with Crippen LogP contribution in [-0.4, -0.2) is 14.9 Å². The number of nitriles is 1. The summed E-state index contributed by atoms with van der Waals surface area (Å²) in [7, 11) is 0. The third kappa shape index (κ3) is 2.46. The largest absolute Gasteiger partial charge is 0.332 e. The van der Waals surface area contributed by atoms with E-state index in [0.29, 0.717) is 12.5 Å². The van der Waals surface area contributed by atoms with Crippen LogP contribution in [0, 0.1) is 11.3 Å². The van der Waals surface area contributed by atoms with Crippen molar-refractivity contribution < 1.29 is 0 Å². The normalized spacial score (nSPS) is 12.8. The molecule has 4 heteroatoms. The van der Waals surface area contributed by atoms with Crippen molar-refractivity contribution in [3.05, 3.63) is 18.2 Å². The second-order valence-electron chi connectivity index (χ2n) is 3.19. The van der Waals surface area contributed by atoms with Crippen LogP contribution in [-0.2, 0) is 6.54 Å². The maximum Gasteiger partial charge on any atom is 0.138 e. The van der Waals surface area contributed by atoms with Crippen molar-refractivity contribution in [2.75, 3.05) is 0 Å². The molecule has 3 nitrogen and oxygen atoms in total. The minimum Gasteiger partial charge on any atom is -0.332 e. The van der Waals surface area contributed by atoms with Gasteiger partial charge in [0, 0.05) is 18.3 Å². The lowest BCUT2D eigenvalue weighted by Gasteiger charge is -2.09. The van der Waals surface area contributed by atoms with Crippen LogP contribution < -0.4 is 0 Å². The van der Waals surface area contributed by atoms with Crippen molar-refractivity contribution in [3.8, 4) is 6.07 Å². The molecule has 0 aliphatic heterocycles. The molecule has 0 aliphatic carbocycles. The molecule has 0 aromatic carbocycles. The van der Waals surface area contributed by atoms with Gasteiger partial charge in [-0.15, -0.1) is 11.6 Å². The second kappa shape index (κ2) is 4.29. The van der Waals surface area contributed by atoms with E-state index in [2.05, 4.69) is 18.8 Å². The summed E-state index contributed by atoms with van der Waals surface area (Å²) in [6, 6.07) is 1.99. The van der Waals surface area contributed by atoms with Crippen molar-refractivity contribution in [2.45, 2.75) is 31.7 Å². The van der Waals surface area contributed by atoms with Gasteiger partial charge < -0.3 is 4.57 Å². The molecule has 0 fully saturated rings. The van der Waals surface area contributed by atoms with Crippen molar-refractivity contribution in [3.63, 3.8) is 0 Å². The van der Waals surface area contributed by atoms with Crippen molar-refractivity contribution in [1.29, 1.82) is 5.26 Å². The number of aromatic nitrogens is 2. The van der Waals surface area contributed by atoms with E-state index in [1.54, 1.807) is 6.20 Å². The lowest BCUT2D eigenvalue weighted by molar-refractivity contribution is 0.632. The Morgan fingerprint density at radius 2 is 2.38 bits per heavy atom. The van der Waals surface area contributed by atoms with Crippen LogP contribution in [0.5, 0.6) is 0 Å². The first-order chi connectivity index (χ1) is 6.15. The van der Waals surface area contributed by atoms with Gasteiger partial charge in [0.1, 0.15) is 11.2 Å².